The fourth-order valence-electron chi connectivity index (χ4n) is 3.17. The van der Waals surface area contributed by atoms with E-state index in [9.17, 15) is 18.0 Å². The molecule has 1 atom stereocenters. The van der Waals surface area contributed by atoms with Crippen LogP contribution in [0.4, 0.5) is 0 Å². The highest BCUT2D eigenvalue weighted by atomic mass is 32.2. The topological polar surface area (TPSA) is 118 Å². The second-order valence-electron chi connectivity index (χ2n) is 5.95. The number of aliphatic carboxylic acids is 1. The van der Waals surface area contributed by atoms with Crippen LogP contribution in [-0.2, 0) is 14.8 Å². The van der Waals surface area contributed by atoms with Crippen molar-refractivity contribution >= 4 is 33.2 Å². The van der Waals surface area contributed by atoms with Crippen LogP contribution in [0.25, 0.3) is 0 Å². The van der Waals surface area contributed by atoms with Gasteiger partial charge in [0, 0.05) is 18.5 Å². The zero-order chi connectivity index (χ0) is 16.1. The number of sulfonamides is 1. The van der Waals surface area contributed by atoms with E-state index in [1.807, 2.05) is 0 Å². The van der Waals surface area contributed by atoms with E-state index >= 15 is 0 Å². The molecule has 0 bridgehead atoms. The summed E-state index contributed by atoms with van der Waals surface area (Å²) in [6.45, 7) is 1.01. The molecule has 1 spiro atoms. The van der Waals surface area contributed by atoms with Crippen molar-refractivity contribution in [1.82, 2.24) is 4.90 Å². The maximum absolute atomic E-state index is 12.4. The van der Waals surface area contributed by atoms with Crippen molar-refractivity contribution < 1.29 is 23.1 Å². The molecule has 2 fully saturated rings. The van der Waals surface area contributed by atoms with Gasteiger partial charge in [0.1, 0.15) is 4.21 Å². The van der Waals surface area contributed by atoms with E-state index in [2.05, 4.69) is 0 Å². The number of carboxylic acids is 1. The maximum atomic E-state index is 12.4. The number of carbonyl (C=O) groups is 2. The van der Waals surface area contributed by atoms with Gasteiger partial charge in [0.15, 0.2) is 0 Å². The maximum Gasteiger partial charge on any atom is 0.307 e. The molecule has 120 valence electrons. The molecule has 1 amide bonds. The zero-order valence-corrected chi connectivity index (χ0v) is 13.3. The van der Waals surface area contributed by atoms with Gasteiger partial charge in [-0.25, -0.2) is 13.6 Å². The predicted octanol–water partition coefficient (Wildman–Crippen LogP) is 0.722. The summed E-state index contributed by atoms with van der Waals surface area (Å²) in [5, 5.41) is 15.6. The minimum Gasteiger partial charge on any atom is -0.481 e. The Hall–Kier alpha value is -1.45. The Balaban J connectivity index is 1.66. The van der Waals surface area contributed by atoms with Crippen molar-refractivity contribution in [2.45, 2.75) is 23.5 Å². The zero-order valence-electron chi connectivity index (χ0n) is 11.7. The smallest absolute Gasteiger partial charge is 0.307 e. The number of nitrogens with two attached hydrogens (primary N) is 1. The minimum atomic E-state index is -3.79. The Bertz CT molecular complexity index is 731. The number of hydrogen-bond donors (Lipinski definition) is 2. The van der Waals surface area contributed by atoms with Gasteiger partial charge in [0.2, 0.25) is 10.0 Å². The number of piperidine rings is 1. The number of thiophene rings is 1. The second kappa shape index (κ2) is 5.04. The lowest BCUT2D eigenvalue weighted by Gasteiger charge is -2.32. The Labute approximate surface area is 131 Å². The Morgan fingerprint density at radius 3 is 2.45 bits per heavy atom. The molecule has 0 aromatic carbocycles. The molecule has 1 saturated heterocycles. The van der Waals surface area contributed by atoms with Crippen molar-refractivity contribution in [3.8, 4) is 0 Å². The van der Waals surface area contributed by atoms with E-state index in [-0.39, 0.29) is 21.4 Å². The van der Waals surface area contributed by atoms with Gasteiger partial charge in [-0.05, 0) is 30.7 Å². The number of hydrogen-bond acceptors (Lipinski definition) is 5. The molecular formula is C13H16N2O5S2. The van der Waals surface area contributed by atoms with Gasteiger partial charge in [-0.15, -0.1) is 11.3 Å². The summed E-state index contributed by atoms with van der Waals surface area (Å²) < 4.78 is 22.5. The van der Waals surface area contributed by atoms with Gasteiger partial charge >= 0.3 is 5.97 Å². The molecule has 1 aliphatic carbocycles. The van der Waals surface area contributed by atoms with Gasteiger partial charge in [0.05, 0.1) is 11.5 Å². The van der Waals surface area contributed by atoms with E-state index < -0.39 is 16.0 Å². The first-order valence-corrected chi connectivity index (χ1v) is 9.29. The Morgan fingerprint density at radius 2 is 2.00 bits per heavy atom. The molecule has 7 nitrogen and oxygen atoms in total. The Kier molecular flexibility index (Phi) is 3.54. The number of primary sulfonamides is 1. The molecule has 1 aliphatic heterocycles. The van der Waals surface area contributed by atoms with Crippen molar-refractivity contribution in [3.63, 3.8) is 0 Å². The highest BCUT2D eigenvalue weighted by Crippen LogP contribution is 2.59. The van der Waals surface area contributed by atoms with Crippen molar-refractivity contribution in [2.24, 2.45) is 16.5 Å². The van der Waals surface area contributed by atoms with Crippen LogP contribution in [0.2, 0.25) is 0 Å². The van der Waals surface area contributed by atoms with Crippen molar-refractivity contribution in [3.05, 3.63) is 17.0 Å². The van der Waals surface area contributed by atoms with Crippen LogP contribution in [0, 0.1) is 11.3 Å². The second-order valence-corrected chi connectivity index (χ2v) is 8.65. The summed E-state index contributed by atoms with van der Waals surface area (Å²) in [6.07, 6.45) is 2.06. The van der Waals surface area contributed by atoms with Crippen LogP contribution in [-0.4, -0.2) is 43.4 Å². The molecule has 1 saturated carbocycles. The SMILES string of the molecule is NS(=O)(=O)c1cc(C(=O)N2CCC3(CC2)CC3C(=O)O)cs1. The molecular weight excluding hydrogens is 328 g/mol. The molecule has 0 radical (unpaired) electrons. The molecule has 3 N–H and O–H groups in total. The standard InChI is InChI=1S/C13H16N2O5S2/c14-22(19,20)10-5-8(7-21-10)11(16)15-3-1-13(2-4-15)6-9(13)12(17)18/h5,7,9H,1-4,6H2,(H,17,18)(H2,14,19,20). The largest absolute Gasteiger partial charge is 0.481 e. The summed E-state index contributed by atoms with van der Waals surface area (Å²) >= 11 is 0.927. The number of rotatable bonds is 3. The first-order valence-electron chi connectivity index (χ1n) is 6.86. The van der Waals surface area contributed by atoms with Crippen LogP contribution in [0.3, 0.4) is 0 Å². The molecule has 2 heterocycles. The lowest BCUT2D eigenvalue weighted by molar-refractivity contribution is -0.139. The lowest BCUT2D eigenvalue weighted by atomic mass is 9.90. The van der Waals surface area contributed by atoms with E-state index in [4.69, 9.17) is 10.2 Å². The van der Waals surface area contributed by atoms with Crippen LogP contribution in [0.1, 0.15) is 29.6 Å². The summed E-state index contributed by atoms with van der Waals surface area (Å²) in [7, 11) is -3.79. The number of carboxylic acid groups (broad SMARTS) is 1. The molecule has 1 aromatic rings. The summed E-state index contributed by atoms with van der Waals surface area (Å²) in [6, 6.07) is 1.30. The minimum absolute atomic E-state index is 0.0301. The third-order valence-corrected chi connectivity index (χ3v) is 7.02. The first-order chi connectivity index (χ1) is 10.2. The highest BCUT2D eigenvalue weighted by Gasteiger charge is 2.59. The summed E-state index contributed by atoms with van der Waals surface area (Å²) in [4.78, 5) is 25.0. The number of amides is 1. The average Bonchev–Trinajstić information content (AvgIpc) is 2.93. The van der Waals surface area contributed by atoms with Gasteiger partial charge in [0.25, 0.3) is 5.91 Å². The van der Waals surface area contributed by atoms with E-state index in [0.29, 0.717) is 37.9 Å². The van der Waals surface area contributed by atoms with Crippen LogP contribution >= 0.6 is 11.3 Å². The van der Waals surface area contributed by atoms with E-state index in [0.717, 1.165) is 11.3 Å². The first kappa shape index (κ1) is 15.4. The van der Waals surface area contributed by atoms with Crippen LogP contribution < -0.4 is 5.14 Å². The quantitative estimate of drug-likeness (QED) is 0.838. The number of carbonyl (C=O) groups excluding carboxylic acids is 1. The third-order valence-electron chi connectivity index (χ3n) is 4.64. The monoisotopic (exact) mass is 344 g/mol. The van der Waals surface area contributed by atoms with Crippen molar-refractivity contribution in [2.75, 3.05) is 13.1 Å². The fourth-order valence-corrected chi connectivity index (χ4v) is 4.74. The molecule has 1 aromatic heterocycles. The van der Waals surface area contributed by atoms with E-state index in [1.165, 1.54) is 11.4 Å². The van der Waals surface area contributed by atoms with Crippen LogP contribution in [0.5, 0.6) is 0 Å². The number of likely N-dealkylation sites (tertiary alicyclic amines) is 1. The van der Waals surface area contributed by atoms with E-state index in [1.54, 1.807) is 4.90 Å². The molecule has 22 heavy (non-hydrogen) atoms. The Morgan fingerprint density at radius 1 is 1.36 bits per heavy atom. The predicted molar refractivity (Wildman–Crippen MR) is 79.0 cm³/mol. The van der Waals surface area contributed by atoms with Crippen molar-refractivity contribution in [1.29, 1.82) is 0 Å². The third kappa shape index (κ3) is 2.64. The fraction of sp³-hybridized carbons (Fsp3) is 0.538. The van der Waals surface area contributed by atoms with Crippen LogP contribution in [0.15, 0.2) is 15.7 Å². The molecule has 9 heteroatoms. The number of nitrogens with zero attached hydrogens (tertiary/aromatic N) is 1. The van der Waals surface area contributed by atoms with Gasteiger partial charge < -0.3 is 10.0 Å². The average molecular weight is 344 g/mol. The summed E-state index contributed by atoms with van der Waals surface area (Å²) in [5.74, 6) is -1.26. The lowest BCUT2D eigenvalue weighted by Crippen LogP contribution is -2.39. The highest BCUT2D eigenvalue weighted by molar-refractivity contribution is 7.91. The van der Waals surface area contributed by atoms with Gasteiger partial charge in [-0.1, -0.05) is 0 Å². The molecule has 3 rings (SSSR count). The molecule has 1 unspecified atom stereocenters. The van der Waals surface area contributed by atoms with Gasteiger partial charge in [-0.3, -0.25) is 9.59 Å². The normalized spacial score (nSPS) is 23.5. The molecule has 2 aliphatic rings. The summed E-state index contributed by atoms with van der Waals surface area (Å²) in [5.41, 5.74) is 0.179. The van der Waals surface area contributed by atoms with Gasteiger partial charge in [-0.2, -0.15) is 0 Å².